The van der Waals surface area contributed by atoms with Gasteiger partial charge in [0.15, 0.2) is 0 Å². The van der Waals surface area contributed by atoms with Crippen molar-refractivity contribution in [3.63, 3.8) is 0 Å². The van der Waals surface area contributed by atoms with Crippen molar-refractivity contribution in [1.82, 2.24) is 0 Å². The van der Waals surface area contributed by atoms with Gasteiger partial charge in [-0.15, -0.1) is 0 Å². The first-order valence-electron chi connectivity index (χ1n) is 5.54. The van der Waals surface area contributed by atoms with Gasteiger partial charge >= 0.3 is 7.60 Å². The lowest BCUT2D eigenvalue weighted by Gasteiger charge is -2.14. The summed E-state index contributed by atoms with van der Waals surface area (Å²) in [5.41, 5.74) is -0.288. The van der Waals surface area contributed by atoms with Gasteiger partial charge in [0.05, 0.1) is 13.2 Å². The maximum atomic E-state index is 13.9. The Balaban J connectivity index is 2.98. The van der Waals surface area contributed by atoms with Gasteiger partial charge in [0.1, 0.15) is 0 Å². The van der Waals surface area contributed by atoms with Crippen LogP contribution in [0, 0.1) is 0 Å². The molecule has 6 heteroatoms. The average molecular weight is 337 g/mol. The molecule has 0 spiro atoms. The topological polar surface area (TPSA) is 35.5 Å². The smallest absolute Gasteiger partial charge is 0.304 e. The molecule has 0 fully saturated rings. The van der Waals surface area contributed by atoms with Crippen LogP contribution in [-0.2, 0) is 13.6 Å². The van der Waals surface area contributed by atoms with Crippen LogP contribution in [0.25, 0.3) is 6.08 Å². The van der Waals surface area contributed by atoms with Crippen LogP contribution in [0.15, 0.2) is 34.3 Å². The van der Waals surface area contributed by atoms with Crippen LogP contribution >= 0.6 is 23.5 Å². The Labute approximate surface area is 115 Å². The number of hydrogen-bond donors (Lipinski definition) is 0. The lowest BCUT2D eigenvalue weighted by molar-refractivity contribution is 0.220. The Morgan fingerprint density at radius 3 is 2.22 bits per heavy atom. The normalized spacial score (nSPS) is 12.8. The molecular formula is C12H15BrFO3P. The second-order valence-corrected chi connectivity index (χ2v) is 6.21. The zero-order chi connectivity index (χ0) is 13.6. The average Bonchev–Trinajstić information content (AvgIpc) is 2.32. The first-order chi connectivity index (χ1) is 8.51. The van der Waals surface area contributed by atoms with E-state index in [0.29, 0.717) is 5.56 Å². The summed E-state index contributed by atoms with van der Waals surface area (Å²) in [5.74, 6) is 0. The van der Waals surface area contributed by atoms with Crippen molar-refractivity contribution in [2.24, 2.45) is 0 Å². The van der Waals surface area contributed by atoms with E-state index in [1.54, 1.807) is 38.1 Å². The molecule has 3 nitrogen and oxygen atoms in total. The molecule has 0 aromatic heterocycles. The van der Waals surface area contributed by atoms with E-state index in [-0.39, 0.29) is 13.2 Å². The molecule has 0 radical (unpaired) electrons. The standard InChI is InChI=1S/C12H15BrFO3P/c1-3-16-18(15,17-4-2)12(14)9-10-5-7-11(13)8-6-10/h5-9H,3-4H2,1-2H3/b12-9-. The number of hydrogen-bond acceptors (Lipinski definition) is 3. The van der Waals surface area contributed by atoms with Gasteiger partial charge in [-0.25, -0.2) is 0 Å². The monoisotopic (exact) mass is 336 g/mol. The molecule has 1 rings (SSSR count). The van der Waals surface area contributed by atoms with Crippen LogP contribution in [0.5, 0.6) is 0 Å². The second kappa shape index (κ2) is 7.19. The predicted octanol–water partition coefficient (Wildman–Crippen LogP) is 4.98. The van der Waals surface area contributed by atoms with Gasteiger partial charge in [-0.05, 0) is 37.6 Å². The highest BCUT2D eigenvalue weighted by atomic mass is 79.9. The third-order valence-corrected chi connectivity index (χ3v) is 4.39. The molecule has 1 aromatic rings. The van der Waals surface area contributed by atoms with E-state index in [0.717, 1.165) is 4.47 Å². The first kappa shape index (κ1) is 15.6. The highest BCUT2D eigenvalue weighted by Gasteiger charge is 2.30. The molecule has 0 atom stereocenters. The third kappa shape index (κ3) is 4.32. The van der Waals surface area contributed by atoms with Gasteiger partial charge in [0.2, 0.25) is 5.57 Å². The van der Waals surface area contributed by atoms with Gasteiger partial charge in [0.25, 0.3) is 0 Å². The molecule has 0 N–H and O–H groups in total. The predicted molar refractivity (Wildman–Crippen MR) is 74.1 cm³/mol. The van der Waals surface area contributed by atoms with Gasteiger partial charge in [-0.2, -0.15) is 4.39 Å². The minimum absolute atomic E-state index is 0.124. The van der Waals surface area contributed by atoms with Gasteiger partial charge in [-0.1, -0.05) is 28.1 Å². The SMILES string of the molecule is CCOP(=O)(OCC)/C(F)=C\c1ccc(Br)cc1. The summed E-state index contributed by atoms with van der Waals surface area (Å²) in [6.45, 7) is 3.52. The maximum absolute atomic E-state index is 13.9. The largest absolute Gasteiger partial charge is 0.389 e. The van der Waals surface area contributed by atoms with E-state index in [2.05, 4.69) is 15.9 Å². The summed E-state index contributed by atoms with van der Waals surface area (Å²) < 4.78 is 36.7. The lowest BCUT2D eigenvalue weighted by atomic mass is 10.2. The molecule has 0 amide bonds. The molecule has 0 aliphatic carbocycles. The third-order valence-electron chi connectivity index (χ3n) is 2.02. The summed E-state index contributed by atoms with van der Waals surface area (Å²) in [6, 6.07) is 6.94. The zero-order valence-electron chi connectivity index (χ0n) is 10.2. The molecule has 100 valence electrons. The zero-order valence-corrected chi connectivity index (χ0v) is 12.7. The van der Waals surface area contributed by atoms with Gasteiger partial charge < -0.3 is 9.05 Å². The van der Waals surface area contributed by atoms with Crippen molar-refractivity contribution in [3.8, 4) is 0 Å². The molecule has 0 aliphatic rings. The van der Waals surface area contributed by atoms with Crippen molar-refractivity contribution in [3.05, 3.63) is 39.9 Å². The van der Waals surface area contributed by atoms with E-state index in [9.17, 15) is 8.96 Å². The summed E-state index contributed by atoms with van der Waals surface area (Å²) in [4.78, 5) is 0. The fourth-order valence-electron chi connectivity index (χ4n) is 1.28. The van der Waals surface area contributed by atoms with Crippen molar-refractivity contribution in [2.75, 3.05) is 13.2 Å². The molecule has 0 heterocycles. The molecular weight excluding hydrogens is 322 g/mol. The quantitative estimate of drug-likeness (QED) is 0.687. The summed E-state index contributed by atoms with van der Waals surface area (Å²) >= 11 is 3.28. The second-order valence-electron chi connectivity index (χ2n) is 3.35. The van der Waals surface area contributed by atoms with Crippen LogP contribution in [0.3, 0.4) is 0 Å². The Morgan fingerprint density at radius 1 is 1.28 bits per heavy atom. The maximum Gasteiger partial charge on any atom is 0.389 e. The lowest BCUT2D eigenvalue weighted by Crippen LogP contribution is -1.96. The van der Waals surface area contributed by atoms with Crippen LogP contribution in [0.1, 0.15) is 19.4 Å². The van der Waals surface area contributed by atoms with Crippen molar-refractivity contribution < 1.29 is 18.0 Å². The minimum atomic E-state index is -3.80. The summed E-state index contributed by atoms with van der Waals surface area (Å²) in [5, 5.41) is 0. The fourth-order valence-corrected chi connectivity index (χ4v) is 2.85. The highest BCUT2D eigenvalue weighted by Crippen LogP contribution is 2.57. The van der Waals surface area contributed by atoms with E-state index in [4.69, 9.17) is 9.05 Å². The van der Waals surface area contributed by atoms with Crippen LogP contribution < -0.4 is 0 Å². The number of rotatable bonds is 6. The minimum Gasteiger partial charge on any atom is -0.304 e. The van der Waals surface area contributed by atoms with Crippen LogP contribution in [0.2, 0.25) is 0 Å². The summed E-state index contributed by atoms with van der Waals surface area (Å²) in [6.07, 6.45) is 1.17. The van der Waals surface area contributed by atoms with E-state index in [1.165, 1.54) is 6.08 Å². The van der Waals surface area contributed by atoms with Gasteiger partial charge in [0, 0.05) is 4.47 Å². The molecule has 18 heavy (non-hydrogen) atoms. The Hall–Kier alpha value is -0.480. The molecule has 0 bridgehead atoms. The van der Waals surface area contributed by atoms with E-state index < -0.39 is 13.2 Å². The van der Waals surface area contributed by atoms with Crippen molar-refractivity contribution >= 4 is 29.6 Å². The molecule has 0 aliphatic heterocycles. The molecule has 0 saturated carbocycles. The van der Waals surface area contributed by atoms with Gasteiger partial charge in [-0.3, -0.25) is 4.57 Å². The molecule has 1 aromatic carbocycles. The van der Waals surface area contributed by atoms with Crippen LogP contribution in [0.4, 0.5) is 4.39 Å². The molecule has 0 unspecified atom stereocenters. The van der Waals surface area contributed by atoms with E-state index in [1.807, 2.05) is 0 Å². The van der Waals surface area contributed by atoms with Crippen LogP contribution in [-0.4, -0.2) is 13.2 Å². The van der Waals surface area contributed by atoms with E-state index >= 15 is 0 Å². The highest BCUT2D eigenvalue weighted by molar-refractivity contribution is 9.10. The summed E-state index contributed by atoms with van der Waals surface area (Å²) in [7, 11) is -3.80. The Bertz CT molecular complexity index is 449. The Morgan fingerprint density at radius 2 is 1.78 bits per heavy atom. The number of halogens is 2. The van der Waals surface area contributed by atoms with Crippen molar-refractivity contribution in [1.29, 1.82) is 0 Å². The molecule has 0 saturated heterocycles. The Kier molecular flexibility index (Phi) is 6.22. The first-order valence-corrected chi connectivity index (χ1v) is 7.88. The fraction of sp³-hybridized carbons (Fsp3) is 0.333. The van der Waals surface area contributed by atoms with Crippen molar-refractivity contribution in [2.45, 2.75) is 13.8 Å². The number of benzene rings is 1.